The third kappa shape index (κ3) is 3.99. The summed E-state index contributed by atoms with van der Waals surface area (Å²) >= 11 is 0. The third-order valence-electron chi connectivity index (χ3n) is 6.96. The number of esters is 1. The molecule has 0 aromatic carbocycles. The molecule has 1 spiro atoms. The monoisotopic (exact) mass is 400 g/mol. The van der Waals surface area contributed by atoms with Crippen LogP contribution in [0.5, 0.6) is 0 Å². The van der Waals surface area contributed by atoms with Gasteiger partial charge in [-0.15, -0.1) is 0 Å². The van der Waals surface area contributed by atoms with Gasteiger partial charge in [0, 0.05) is 25.7 Å². The van der Waals surface area contributed by atoms with Gasteiger partial charge in [-0.2, -0.15) is 0 Å². The second-order valence-corrected chi connectivity index (χ2v) is 14.8. The molecule has 3 aliphatic rings. The van der Waals surface area contributed by atoms with Crippen molar-refractivity contribution in [3.63, 3.8) is 0 Å². The molecule has 2 aliphatic carbocycles. The normalized spacial score (nSPS) is 36.5. The molecule has 6 nitrogen and oxygen atoms in total. The predicted octanol–water partition coefficient (Wildman–Crippen LogP) is 3.52. The van der Waals surface area contributed by atoms with Crippen molar-refractivity contribution in [2.75, 3.05) is 7.11 Å². The molecule has 27 heavy (non-hydrogen) atoms. The molecule has 0 unspecified atom stereocenters. The zero-order valence-electron chi connectivity index (χ0n) is 17.7. The first kappa shape index (κ1) is 21.2. The molecule has 1 heterocycles. The van der Waals surface area contributed by atoms with E-state index in [-0.39, 0.29) is 36.2 Å². The highest BCUT2D eigenvalue weighted by atomic mass is 28.4. The fourth-order valence-electron chi connectivity index (χ4n) is 4.38. The first-order valence-corrected chi connectivity index (χ1v) is 13.2. The van der Waals surface area contributed by atoms with E-state index in [1.54, 1.807) is 0 Å². The summed E-state index contributed by atoms with van der Waals surface area (Å²) < 4.78 is 24.4. The molecule has 7 heteroatoms. The Balaban J connectivity index is 1.88. The smallest absolute Gasteiger partial charge is 0.338 e. The zero-order chi connectivity index (χ0) is 20.1. The van der Waals surface area contributed by atoms with E-state index in [2.05, 4.69) is 33.9 Å². The van der Waals surface area contributed by atoms with Crippen molar-refractivity contribution in [1.82, 2.24) is 0 Å². The van der Waals surface area contributed by atoms with Gasteiger partial charge in [0.2, 0.25) is 0 Å². The summed E-state index contributed by atoms with van der Waals surface area (Å²) in [7, 11) is -0.809. The van der Waals surface area contributed by atoms with Crippen LogP contribution in [0.4, 0.5) is 0 Å². The highest BCUT2D eigenvalue weighted by molar-refractivity contribution is 6.74. The zero-order valence-corrected chi connectivity index (χ0v) is 18.7. The number of methoxy groups -OCH3 is 1. The van der Waals surface area contributed by atoms with Crippen molar-refractivity contribution in [1.29, 1.82) is 0 Å². The molecule has 0 bridgehead atoms. The number of fused-ring (bicyclic) bond motifs is 1. The SMILES string of the molecule is COC(=O)[C@]1(O)C[C@H]2OC3(CCCCC3)O[C@H]2[C@H](O[Si](C)(C)C(C)(C)C)C1. The summed E-state index contributed by atoms with van der Waals surface area (Å²) in [4.78, 5) is 12.3. The quantitative estimate of drug-likeness (QED) is 0.577. The second kappa shape index (κ2) is 7.09. The van der Waals surface area contributed by atoms with E-state index in [1.165, 1.54) is 13.5 Å². The molecule has 0 radical (unpaired) electrons. The number of hydrogen-bond donors (Lipinski definition) is 1. The van der Waals surface area contributed by atoms with Gasteiger partial charge >= 0.3 is 5.97 Å². The molecule has 3 fully saturated rings. The van der Waals surface area contributed by atoms with E-state index in [0.29, 0.717) is 0 Å². The van der Waals surface area contributed by atoms with Crippen LogP contribution in [0.15, 0.2) is 0 Å². The highest BCUT2D eigenvalue weighted by Crippen LogP contribution is 2.49. The van der Waals surface area contributed by atoms with Crippen molar-refractivity contribution in [2.45, 2.75) is 114 Å². The summed E-state index contributed by atoms with van der Waals surface area (Å²) in [6, 6.07) is 0. The molecular weight excluding hydrogens is 364 g/mol. The molecule has 0 amide bonds. The van der Waals surface area contributed by atoms with Gasteiger partial charge in [0.15, 0.2) is 19.7 Å². The molecule has 2 saturated carbocycles. The van der Waals surface area contributed by atoms with Gasteiger partial charge in [-0.05, 0) is 31.0 Å². The summed E-state index contributed by atoms with van der Waals surface area (Å²) in [5.74, 6) is -1.19. The number of carbonyl (C=O) groups excluding carboxylic acids is 1. The molecule has 156 valence electrons. The number of carbonyl (C=O) groups is 1. The average Bonchev–Trinajstić information content (AvgIpc) is 2.90. The molecular formula is C20H36O6Si. The van der Waals surface area contributed by atoms with Crippen LogP contribution in [-0.2, 0) is 23.4 Å². The minimum Gasteiger partial charge on any atom is -0.467 e. The Labute approximate surface area is 164 Å². The Kier molecular flexibility index (Phi) is 5.58. The molecule has 4 atom stereocenters. The minimum atomic E-state index is -2.12. The Morgan fingerprint density at radius 1 is 1.11 bits per heavy atom. The fourth-order valence-corrected chi connectivity index (χ4v) is 5.71. The Morgan fingerprint density at radius 2 is 1.74 bits per heavy atom. The first-order chi connectivity index (χ1) is 12.4. The second-order valence-electron chi connectivity index (χ2n) is 10.1. The predicted molar refractivity (Wildman–Crippen MR) is 104 cm³/mol. The van der Waals surface area contributed by atoms with Gasteiger partial charge in [-0.1, -0.05) is 27.2 Å². The number of hydrogen-bond acceptors (Lipinski definition) is 6. The third-order valence-corrected chi connectivity index (χ3v) is 11.5. The van der Waals surface area contributed by atoms with E-state index in [0.717, 1.165) is 25.7 Å². The van der Waals surface area contributed by atoms with Crippen LogP contribution >= 0.6 is 0 Å². The van der Waals surface area contributed by atoms with Crippen LogP contribution in [0.3, 0.4) is 0 Å². The van der Waals surface area contributed by atoms with Gasteiger partial charge in [0.1, 0.15) is 6.10 Å². The maximum absolute atomic E-state index is 12.3. The van der Waals surface area contributed by atoms with Crippen LogP contribution in [0.1, 0.15) is 65.7 Å². The molecule has 0 aromatic heterocycles. The van der Waals surface area contributed by atoms with Crippen LogP contribution in [0.25, 0.3) is 0 Å². The van der Waals surface area contributed by atoms with Crippen LogP contribution in [-0.4, -0.2) is 56.2 Å². The van der Waals surface area contributed by atoms with Gasteiger partial charge in [0.05, 0.1) is 19.3 Å². The molecule has 3 rings (SSSR count). The topological polar surface area (TPSA) is 74.2 Å². The largest absolute Gasteiger partial charge is 0.467 e. The van der Waals surface area contributed by atoms with E-state index >= 15 is 0 Å². The van der Waals surface area contributed by atoms with Crippen LogP contribution in [0, 0.1) is 0 Å². The van der Waals surface area contributed by atoms with Crippen molar-refractivity contribution in [3.8, 4) is 0 Å². The Hall–Kier alpha value is -0.473. The Morgan fingerprint density at radius 3 is 2.30 bits per heavy atom. The van der Waals surface area contributed by atoms with Crippen LogP contribution in [0.2, 0.25) is 18.1 Å². The summed E-state index contributed by atoms with van der Waals surface area (Å²) in [6.45, 7) is 10.9. The van der Waals surface area contributed by atoms with E-state index in [9.17, 15) is 9.90 Å². The minimum absolute atomic E-state index is 0.0192. The van der Waals surface area contributed by atoms with E-state index < -0.39 is 25.7 Å². The summed E-state index contributed by atoms with van der Waals surface area (Å²) in [5, 5.41) is 11.1. The lowest BCUT2D eigenvalue weighted by atomic mass is 9.80. The number of rotatable bonds is 3. The summed E-state index contributed by atoms with van der Waals surface area (Å²) in [6.07, 6.45) is 4.49. The molecule has 0 aromatic rings. The van der Waals surface area contributed by atoms with E-state index in [4.69, 9.17) is 18.6 Å². The van der Waals surface area contributed by atoms with Gasteiger partial charge < -0.3 is 23.7 Å². The molecule has 1 N–H and O–H groups in total. The van der Waals surface area contributed by atoms with Gasteiger partial charge in [-0.25, -0.2) is 4.79 Å². The van der Waals surface area contributed by atoms with Crippen molar-refractivity contribution >= 4 is 14.3 Å². The van der Waals surface area contributed by atoms with E-state index in [1.807, 2.05) is 0 Å². The lowest BCUT2D eigenvalue weighted by molar-refractivity contribution is -0.198. The van der Waals surface area contributed by atoms with Gasteiger partial charge in [0.25, 0.3) is 0 Å². The van der Waals surface area contributed by atoms with Gasteiger partial charge in [-0.3, -0.25) is 0 Å². The fraction of sp³-hybridized carbons (Fsp3) is 0.950. The Bertz CT molecular complexity index is 565. The molecule has 1 saturated heterocycles. The average molecular weight is 401 g/mol. The van der Waals surface area contributed by atoms with Crippen molar-refractivity contribution in [2.24, 2.45) is 0 Å². The maximum Gasteiger partial charge on any atom is 0.338 e. The number of ether oxygens (including phenoxy) is 3. The summed E-state index contributed by atoms with van der Waals surface area (Å²) in [5.41, 5.74) is -1.59. The highest BCUT2D eigenvalue weighted by Gasteiger charge is 2.60. The lowest BCUT2D eigenvalue weighted by Crippen LogP contribution is -2.59. The molecule has 1 aliphatic heterocycles. The standard InChI is InChI=1S/C20H36O6Si/c1-18(2,3)27(5,6)26-15-13-19(22,17(21)23-4)12-14-16(15)25-20(24-14)10-8-7-9-11-20/h14-16,22H,7-13H2,1-6H3/t14-,15-,16-,19+/m1/s1. The number of aliphatic hydroxyl groups is 1. The van der Waals surface area contributed by atoms with Crippen molar-refractivity contribution in [3.05, 3.63) is 0 Å². The maximum atomic E-state index is 12.3. The van der Waals surface area contributed by atoms with Crippen molar-refractivity contribution < 1.29 is 28.5 Å². The first-order valence-electron chi connectivity index (χ1n) is 10.3. The lowest BCUT2D eigenvalue weighted by Gasteiger charge is -2.45. The van der Waals surface area contributed by atoms with Crippen LogP contribution < -0.4 is 0 Å².